The second kappa shape index (κ2) is 19.5. The molecule has 0 bridgehead atoms. The summed E-state index contributed by atoms with van der Waals surface area (Å²) in [7, 11) is -4.44. The van der Waals surface area contributed by atoms with Gasteiger partial charge in [-0.05, 0) is 78.6 Å². The first-order valence-electron chi connectivity index (χ1n) is 20.7. The van der Waals surface area contributed by atoms with Crippen LogP contribution in [0.4, 0.5) is 10.5 Å². The van der Waals surface area contributed by atoms with Crippen molar-refractivity contribution in [1.29, 1.82) is 0 Å². The summed E-state index contributed by atoms with van der Waals surface area (Å²) in [6.07, 6.45) is -6.65. The summed E-state index contributed by atoms with van der Waals surface area (Å²) in [5.74, 6) is -1.44. The van der Waals surface area contributed by atoms with E-state index >= 15 is 0 Å². The van der Waals surface area contributed by atoms with E-state index in [1.54, 1.807) is 13.1 Å². The predicted molar refractivity (Wildman–Crippen MR) is 242 cm³/mol. The SMILES string of the molecule is CN(CCN(C)C(=O)OCc1ccc(O[C@@H]2O[C@H](C(=O)O)[C@@H](O[Si](C)(C)C(C)(C)C)[C@H](O[Si](C)(C)C(C)(C)C)[C@H]2O[Si](C)(C)C(C)(C)C)c([N+](=O)[O-])c1)Cc1ccccc1. The molecule has 1 amide bonds. The van der Waals surface area contributed by atoms with Gasteiger partial charge in [-0.3, -0.25) is 10.1 Å². The first kappa shape index (κ1) is 51.2. The molecule has 1 heterocycles. The lowest BCUT2D eigenvalue weighted by atomic mass is 9.99. The lowest BCUT2D eigenvalue weighted by Gasteiger charge is -2.53. The Labute approximate surface area is 361 Å². The van der Waals surface area contributed by atoms with Crippen molar-refractivity contribution in [2.24, 2.45) is 0 Å². The molecule has 17 heteroatoms. The molecule has 0 radical (unpaired) electrons. The summed E-state index contributed by atoms with van der Waals surface area (Å²) in [5.41, 5.74) is 1.11. The van der Waals surface area contributed by atoms with E-state index in [-0.39, 0.29) is 27.5 Å². The molecule has 0 aliphatic carbocycles. The number of carboxylic acids is 1. The number of benzene rings is 2. The molecule has 0 unspecified atom stereocenters. The number of likely N-dealkylation sites (N-methyl/N-ethyl adjacent to an activating group) is 2. The number of hydrogen-bond donors (Lipinski definition) is 1. The number of nitrogens with zero attached hydrogens (tertiary/aromatic N) is 3. The molecular weight excluding hydrogens is 819 g/mol. The highest BCUT2D eigenvalue weighted by Gasteiger charge is 2.59. The van der Waals surface area contributed by atoms with Crippen LogP contribution < -0.4 is 4.74 Å². The van der Waals surface area contributed by atoms with Crippen LogP contribution in [0, 0.1) is 10.1 Å². The summed E-state index contributed by atoms with van der Waals surface area (Å²) < 4.78 is 39.6. The molecule has 5 atom stereocenters. The van der Waals surface area contributed by atoms with Gasteiger partial charge >= 0.3 is 17.7 Å². The predicted octanol–water partition coefficient (Wildman–Crippen LogP) is 9.65. The van der Waals surface area contributed by atoms with Gasteiger partial charge in [0.2, 0.25) is 6.29 Å². The van der Waals surface area contributed by atoms with Crippen LogP contribution in [-0.2, 0) is 40.7 Å². The molecule has 0 spiro atoms. The maximum absolute atomic E-state index is 13.2. The Kier molecular flexibility index (Phi) is 16.6. The number of carbonyl (C=O) groups is 2. The fraction of sp³-hybridized carbons (Fsp3) is 0.674. The highest BCUT2D eigenvalue weighted by Crippen LogP contribution is 2.46. The quantitative estimate of drug-likeness (QED) is 0.0912. The monoisotopic (exact) mass is 891 g/mol. The molecule has 1 N–H and O–H groups in total. The third-order valence-electron chi connectivity index (χ3n) is 12.7. The van der Waals surface area contributed by atoms with Crippen molar-refractivity contribution >= 4 is 42.7 Å². The highest BCUT2D eigenvalue weighted by atomic mass is 28.4. The van der Waals surface area contributed by atoms with Crippen LogP contribution in [0.2, 0.25) is 54.4 Å². The molecule has 2 aromatic rings. The number of amides is 1. The average Bonchev–Trinajstić information content (AvgIpc) is 3.10. The van der Waals surface area contributed by atoms with Crippen LogP contribution in [0.1, 0.15) is 73.4 Å². The fourth-order valence-corrected chi connectivity index (χ4v) is 9.58. The van der Waals surface area contributed by atoms with Crippen LogP contribution in [-0.4, -0.2) is 115 Å². The molecule has 1 fully saturated rings. The Hall–Kier alpha value is -3.17. The second-order valence-electron chi connectivity index (χ2n) is 20.7. The van der Waals surface area contributed by atoms with Gasteiger partial charge in [-0.25, -0.2) is 9.59 Å². The van der Waals surface area contributed by atoms with Gasteiger partial charge in [-0.1, -0.05) is 98.7 Å². The zero-order valence-corrected chi connectivity index (χ0v) is 42.2. The van der Waals surface area contributed by atoms with E-state index < -0.39 is 78.3 Å². The lowest BCUT2D eigenvalue weighted by molar-refractivity contribution is -0.387. The third-order valence-corrected chi connectivity index (χ3v) is 26.1. The maximum Gasteiger partial charge on any atom is 0.409 e. The van der Waals surface area contributed by atoms with Crippen molar-refractivity contribution in [3.05, 3.63) is 69.8 Å². The van der Waals surface area contributed by atoms with Gasteiger partial charge in [0.25, 0.3) is 0 Å². The summed E-state index contributed by atoms with van der Waals surface area (Å²) in [5, 5.41) is 22.6. The third kappa shape index (κ3) is 13.2. The Morgan fingerprint density at radius 2 is 1.25 bits per heavy atom. The summed E-state index contributed by atoms with van der Waals surface area (Å²) in [6.45, 7) is 32.7. The van der Waals surface area contributed by atoms with E-state index in [4.69, 9.17) is 27.5 Å². The summed E-state index contributed by atoms with van der Waals surface area (Å²) in [4.78, 5) is 41.8. The van der Waals surface area contributed by atoms with Gasteiger partial charge < -0.3 is 42.4 Å². The lowest BCUT2D eigenvalue weighted by Crippen LogP contribution is -2.69. The minimum Gasteiger partial charge on any atom is -0.479 e. The van der Waals surface area contributed by atoms with E-state index in [2.05, 4.69) is 93.4 Å². The van der Waals surface area contributed by atoms with E-state index in [1.165, 1.54) is 17.0 Å². The minimum atomic E-state index is -2.70. The molecule has 1 aliphatic heterocycles. The van der Waals surface area contributed by atoms with Crippen molar-refractivity contribution in [1.82, 2.24) is 9.80 Å². The molecular formula is C43H73N3O11Si3. The van der Waals surface area contributed by atoms with Gasteiger partial charge in [-0.15, -0.1) is 0 Å². The van der Waals surface area contributed by atoms with Crippen LogP contribution >= 0.6 is 0 Å². The Morgan fingerprint density at radius 3 is 1.73 bits per heavy atom. The first-order valence-corrected chi connectivity index (χ1v) is 29.5. The van der Waals surface area contributed by atoms with Crippen molar-refractivity contribution in [2.45, 2.75) is 161 Å². The fourth-order valence-electron chi connectivity index (χ4n) is 5.71. The molecule has 2 aromatic carbocycles. The number of aliphatic carboxylic acids is 1. The molecule has 338 valence electrons. The minimum absolute atomic E-state index is 0.165. The second-order valence-corrected chi connectivity index (χ2v) is 34.9. The van der Waals surface area contributed by atoms with E-state index in [0.717, 1.165) is 12.1 Å². The normalized spacial score (nSPS) is 20.8. The number of nitro groups is 1. The zero-order chi connectivity index (χ0) is 45.8. The van der Waals surface area contributed by atoms with Gasteiger partial charge in [0.15, 0.2) is 36.8 Å². The summed E-state index contributed by atoms with van der Waals surface area (Å²) in [6, 6.07) is 14.3. The Balaban J connectivity index is 2.01. The average molecular weight is 892 g/mol. The van der Waals surface area contributed by atoms with Crippen LogP contribution in [0.3, 0.4) is 0 Å². The Morgan fingerprint density at radius 1 is 0.750 bits per heavy atom. The van der Waals surface area contributed by atoms with Gasteiger partial charge in [-0.2, -0.15) is 0 Å². The number of hydrogen-bond acceptors (Lipinski definition) is 11. The topological polar surface area (TPSA) is 159 Å². The summed E-state index contributed by atoms with van der Waals surface area (Å²) >= 11 is 0. The van der Waals surface area contributed by atoms with Gasteiger partial charge in [0.05, 0.1) is 4.92 Å². The van der Waals surface area contributed by atoms with Gasteiger partial charge in [0.1, 0.15) is 24.9 Å². The maximum atomic E-state index is 13.2. The van der Waals surface area contributed by atoms with Crippen molar-refractivity contribution in [2.75, 3.05) is 27.2 Å². The molecule has 60 heavy (non-hydrogen) atoms. The standard InChI is InChI=1S/C43H73N3O11Si3/c1-41(2,3)58(12,13)55-34-35(56-59(14,15)42(4,5)6)37(57-60(16,17)43(7,8)9)39(54-36(34)38(47)48)53-33-24-23-31(27-32(33)46(50)51)29-52-40(49)45(11)26-25-44(10)28-30-21-19-18-20-22-30/h18-24,27,34-37,39H,25-26,28-29H2,1-17H3,(H,47,48)/t34-,35-,36-,37+,39+/m0/s1. The molecule has 3 rings (SSSR count). The smallest absolute Gasteiger partial charge is 0.409 e. The number of carbonyl (C=O) groups excluding carboxylic acids is 1. The molecule has 1 saturated heterocycles. The molecule has 1 aliphatic rings. The van der Waals surface area contributed by atoms with Crippen molar-refractivity contribution in [3.63, 3.8) is 0 Å². The first-order chi connectivity index (χ1) is 27.3. The number of carboxylic acid groups (broad SMARTS) is 1. The van der Waals surface area contributed by atoms with E-state index in [0.29, 0.717) is 18.7 Å². The molecule has 14 nitrogen and oxygen atoms in total. The van der Waals surface area contributed by atoms with Crippen LogP contribution in [0.15, 0.2) is 48.5 Å². The van der Waals surface area contributed by atoms with Crippen molar-refractivity contribution in [3.8, 4) is 5.75 Å². The largest absolute Gasteiger partial charge is 0.479 e. The number of nitro benzene ring substituents is 1. The Bertz CT molecular complexity index is 1770. The molecule has 0 aromatic heterocycles. The number of rotatable bonds is 17. The zero-order valence-electron chi connectivity index (χ0n) is 39.2. The molecule has 0 saturated carbocycles. The van der Waals surface area contributed by atoms with Crippen LogP contribution in [0.5, 0.6) is 5.75 Å². The van der Waals surface area contributed by atoms with Crippen molar-refractivity contribution < 1.29 is 47.1 Å². The van der Waals surface area contributed by atoms with Gasteiger partial charge in [0, 0.05) is 32.7 Å². The van der Waals surface area contributed by atoms with E-state index in [1.807, 2.05) is 50.5 Å². The van der Waals surface area contributed by atoms with E-state index in [9.17, 15) is 24.8 Å². The highest BCUT2D eigenvalue weighted by molar-refractivity contribution is 6.75. The number of ether oxygens (including phenoxy) is 3. The van der Waals surface area contributed by atoms with Crippen LogP contribution in [0.25, 0.3) is 0 Å².